The van der Waals surface area contributed by atoms with Crippen molar-refractivity contribution in [3.63, 3.8) is 0 Å². The van der Waals surface area contributed by atoms with Crippen molar-refractivity contribution >= 4 is 0 Å². The first-order valence-corrected chi connectivity index (χ1v) is 8.80. The van der Waals surface area contributed by atoms with Crippen molar-refractivity contribution in [3.8, 4) is 17.2 Å². The maximum absolute atomic E-state index is 9.90. The molecular formula is C21H29NO3. The Hall–Kier alpha value is -2.20. The van der Waals surface area contributed by atoms with Gasteiger partial charge in [-0.05, 0) is 49.7 Å². The van der Waals surface area contributed by atoms with Crippen LogP contribution in [0.15, 0.2) is 42.5 Å². The molecule has 2 aromatic carbocycles. The van der Waals surface area contributed by atoms with Gasteiger partial charge in [0.05, 0.1) is 0 Å². The van der Waals surface area contributed by atoms with Crippen LogP contribution in [0.3, 0.4) is 0 Å². The quantitative estimate of drug-likeness (QED) is 0.740. The summed E-state index contributed by atoms with van der Waals surface area (Å²) in [7, 11) is 2.06. The molecule has 0 amide bonds. The molecule has 0 aromatic heterocycles. The second-order valence-electron chi connectivity index (χ2n) is 6.64. The predicted octanol–water partition coefficient (Wildman–Crippen LogP) is 4.21. The minimum atomic E-state index is 0.304. The van der Waals surface area contributed by atoms with E-state index in [0.29, 0.717) is 24.9 Å². The number of nitrogens with zero attached hydrogens (tertiary/aromatic N) is 1. The van der Waals surface area contributed by atoms with Gasteiger partial charge in [0.1, 0.15) is 30.5 Å². The summed E-state index contributed by atoms with van der Waals surface area (Å²) < 4.78 is 11.7. The van der Waals surface area contributed by atoms with Crippen LogP contribution in [-0.4, -0.2) is 43.4 Å². The number of para-hydroxylation sites is 1. The zero-order valence-corrected chi connectivity index (χ0v) is 15.7. The third-order valence-corrected chi connectivity index (χ3v) is 4.17. The molecule has 0 aliphatic rings. The number of aromatic hydroxyl groups is 1. The summed E-state index contributed by atoms with van der Waals surface area (Å²) in [6.07, 6.45) is 0. The Bertz CT molecular complexity index is 656. The molecule has 2 aromatic rings. The number of benzene rings is 2. The monoisotopic (exact) mass is 343 g/mol. The molecule has 4 heteroatoms. The van der Waals surface area contributed by atoms with Gasteiger partial charge in [-0.1, -0.05) is 32.0 Å². The van der Waals surface area contributed by atoms with E-state index in [1.54, 1.807) is 0 Å². The van der Waals surface area contributed by atoms with E-state index in [0.717, 1.165) is 35.7 Å². The minimum absolute atomic E-state index is 0.304. The summed E-state index contributed by atoms with van der Waals surface area (Å²) >= 11 is 0. The van der Waals surface area contributed by atoms with Crippen LogP contribution in [0.2, 0.25) is 0 Å². The van der Waals surface area contributed by atoms with Gasteiger partial charge in [0.25, 0.3) is 0 Å². The third kappa shape index (κ3) is 5.98. The average molecular weight is 343 g/mol. The molecule has 4 nitrogen and oxygen atoms in total. The molecule has 2 rings (SSSR count). The van der Waals surface area contributed by atoms with E-state index in [1.165, 1.54) is 0 Å². The lowest BCUT2D eigenvalue weighted by Crippen LogP contribution is -2.28. The Kier molecular flexibility index (Phi) is 7.14. The summed E-state index contributed by atoms with van der Waals surface area (Å²) in [4.78, 5) is 2.19. The fraction of sp³-hybridized carbons (Fsp3) is 0.429. The maximum atomic E-state index is 9.90. The standard InChI is InChI=1S/C21H29NO3/c1-16(2)19-15-20(23)17(3)14-21(19)25-13-11-22(4)10-12-24-18-8-6-5-7-9-18/h5-9,14-16,23H,10-13H2,1-4H3. The Morgan fingerprint density at radius 2 is 1.64 bits per heavy atom. The van der Waals surface area contributed by atoms with Crippen LogP contribution < -0.4 is 9.47 Å². The first kappa shape index (κ1) is 19.1. The SMILES string of the molecule is Cc1cc(OCCN(C)CCOc2ccccc2)c(C(C)C)cc1O. The molecule has 0 atom stereocenters. The second-order valence-corrected chi connectivity index (χ2v) is 6.64. The Morgan fingerprint density at radius 1 is 1.00 bits per heavy atom. The maximum Gasteiger partial charge on any atom is 0.123 e. The molecule has 25 heavy (non-hydrogen) atoms. The summed E-state index contributed by atoms with van der Waals surface area (Å²) in [5.74, 6) is 2.39. The molecule has 1 N–H and O–H groups in total. The number of phenolic OH excluding ortho intramolecular Hbond substituents is 1. The molecule has 0 fully saturated rings. The number of rotatable bonds is 9. The molecule has 0 bridgehead atoms. The van der Waals surface area contributed by atoms with Crippen LogP contribution >= 0.6 is 0 Å². The predicted molar refractivity (Wildman–Crippen MR) is 102 cm³/mol. The van der Waals surface area contributed by atoms with Crippen LogP contribution in [-0.2, 0) is 0 Å². The summed E-state index contributed by atoms with van der Waals surface area (Å²) in [6.45, 7) is 8.99. The van der Waals surface area contributed by atoms with Gasteiger partial charge in [0.2, 0.25) is 0 Å². The highest BCUT2D eigenvalue weighted by Crippen LogP contribution is 2.32. The van der Waals surface area contributed by atoms with Gasteiger partial charge < -0.3 is 14.6 Å². The highest BCUT2D eigenvalue weighted by molar-refractivity contribution is 5.46. The third-order valence-electron chi connectivity index (χ3n) is 4.17. The van der Waals surface area contributed by atoms with Crippen LogP contribution in [0.1, 0.15) is 30.9 Å². The fourth-order valence-electron chi connectivity index (χ4n) is 2.52. The molecule has 0 spiro atoms. The van der Waals surface area contributed by atoms with Crippen molar-refractivity contribution in [2.24, 2.45) is 0 Å². The van der Waals surface area contributed by atoms with Gasteiger partial charge in [-0.3, -0.25) is 4.90 Å². The van der Waals surface area contributed by atoms with Crippen LogP contribution in [0.25, 0.3) is 0 Å². The van der Waals surface area contributed by atoms with Crippen molar-refractivity contribution in [3.05, 3.63) is 53.6 Å². The van der Waals surface area contributed by atoms with Crippen molar-refractivity contribution in [2.45, 2.75) is 26.7 Å². The Morgan fingerprint density at radius 3 is 2.28 bits per heavy atom. The number of ether oxygens (including phenoxy) is 2. The van der Waals surface area contributed by atoms with Gasteiger partial charge in [-0.25, -0.2) is 0 Å². The number of hydrogen-bond acceptors (Lipinski definition) is 4. The average Bonchev–Trinajstić information content (AvgIpc) is 2.58. The van der Waals surface area contributed by atoms with Crippen LogP contribution in [0.5, 0.6) is 17.2 Å². The summed E-state index contributed by atoms with van der Waals surface area (Å²) in [5.41, 5.74) is 1.88. The topological polar surface area (TPSA) is 41.9 Å². The van der Waals surface area contributed by atoms with E-state index in [-0.39, 0.29) is 0 Å². The number of phenols is 1. The van der Waals surface area contributed by atoms with Gasteiger partial charge in [0.15, 0.2) is 0 Å². The van der Waals surface area contributed by atoms with E-state index in [4.69, 9.17) is 9.47 Å². The molecule has 0 saturated carbocycles. The summed E-state index contributed by atoms with van der Waals surface area (Å²) in [5, 5.41) is 9.90. The van der Waals surface area contributed by atoms with Crippen molar-refractivity contribution in [1.82, 2.24) is 4.90 Å². The molecule has 0 unspecified atom stereocenters. The van der Waals surface area contributed by atoms with Gasteiger partial charge >= 0.3 is 0 Å². The van der Waals surface area contributed by atoms with Gasteiger partial charge in [-0.2, -0.15) is 0 Å². The van der Waals surface area contributed by atoms with Gasteiger partial charge in [0, 0.05) is 18.7 Å². The van der Waals surface area contributed by atoms with E-state index < -0.39 is 0 Å². The summed E-state index contributed by atoms with van der Waals surface area (Å²) in [6, 6.07) is 13.6. The molecular weight excluding hydrogens is 314 g/mol. The molecule has 0 heterocycles. The second kappa shape index (κ2) is 9.33. The van der Waals surface area contributed by atoms with Crippen molar-refractivity contribution in [2.75, 3.05) is 33.4 Å². The fourth-order valence-corrected chi connectivity index (χ4v) is 2.52. The lowest BCUT2D eigenvalue weighted by molar-refractivity contribution is 0.201. The lowest BCUT2D eigenvalue weighted by atomic mass is 10.00. The zero-order chi connectivity index (χ0) is 18.2. The molecule has 136 valence electrons. The number of aryl methyl sites for hydroxylation is 1. The minimum Gasteiger partial charge on any atom is -0.508 e. The Labute approximate surface area is 151 Å². The highest BCUT2D eigenvalue weighted by atomic mass is 16.5. The first-order valence-electron chi connectivity index (χ1n) is 8.80. The first-order chi connectivity index (χ1) is 12.0. The number of likely N-dealkylation sites (N-methyl/N-ethyl adjacent to an activating group) is 1. The number of hydrogen-bond donors (Lipinski definition) is 1. The zero-order valence-electron chi connectivity index (χ0n) is 15.7. The van der Waals surface area contributed by atoms with Crippen LogP contribution in [0, 0.1) is 6.92 Å². The van der Waals surface area contributed by atoms with Crippen molar-refractivity contribution < 1.29 is 14.6 Å². The van der Waals surface area contributed by atoms with Gasteiger partial charge in [-0.15, -0.1) is 0 Å². The smallest absolute Gasteiger partial charge is 0.123 e. The molecule has 0 saturated heterocycles. The highest BCUT2D eigenvalue weighted by Gasteiger charge is 2.11. The van der Waals surface area contributed by atoms with E-state index in [9.17, 15) is 5.11 Å². The normalized spacial score (nSPS) is 11.1. The van der Waals surface area contributed by atoms with E-state index in [2.05, 4.69) is 25.8 Å². The van der Waals surface area contributed by atoms with E-state index in [1.807, 2.05) is 49.4 Å². The van der Waals surface area contributed by atoms with Crippen molar-refractivity contribution in [1.29, 1.82) is 0 Å². The molecule has 0 radical (unpaired) electrons. The lowest BCUT2D eigenvalue weighted by Gasteiger charge is -2.19. The molecule has 0 aliphatic heterocycles. The molecule has 0 aliphatic carbocycles. The van der Waals surface area contributed by atoms with Crippen LogP contribution in [0.4, 0.5) is 0 Å². The van der Waals surface area contributed by atoms with E-state index >= 15 is 0 Å². The Balaban J connectivity index is 1.77. The largest absolute Gasteiger partial charge is 0.508 e.